The number of H-pyrrole nitrogens is 1. The van der Waals surface area contributed by atoms with Crippen molar-refractivity contribution in [3.05, 3.63) is 57.5 Å². The summed E-state index contributed by atoms with van der Waals surface area (Å²) in [5, 5.41) is 10.6. The summed E-state index contributed by atoms with van der Waals surface area (Å²) in [6.07, 6.45) is 3.67. The van der Waals surface area contributed by atoms with Crippen LogP contribution in [-0.2, 0) is 16.0 Å². The van der Waals surface area contributed by atoms with Crippen LogP contribution >= 0.6 is 0 Å². The van der Waals surface area contributed by atoms with Crippen molar-refractivity contribution < 1.29 is 19.4 Å². The topological polar surface area (TPSA) is 125 Å². The molecule has 0 radical (unpaired) electrons. The Hall–Kier alpha value is -3.75. The summed E-state index contributed by atoms with van der Waals surface area (Å²) in [5.41, 5.74) is 1.62. The molecule has 2 N–H and O–H groups in total. The van der Waals surface area contributed by atoms with E-state index in [-0.39, 0.29) is 47.0 Å². The van der Waals surface area contributed by atoms with Crippen LogP contribution in [0, 0.1) is 5.92 Å². The number of aromatic nitrogens is 3. The molecule has 2 atom stereocenters. The highest BCUT2D eigenvalue weighted by molar-refractivity contribution is 6.02. The van der Waals surface area contributed by atoms with Crippen LogP contribution in [-0.4, -0.2) is 51.5 Å². The van der Waals surface area contributed by atoms with E-state index in [0.29, 0.717) is 54.1 Å². The zero-order valence-corrected chi connectivity index (χ0v) is 18.9. The zero-order chi connectivity index (χ0) is 23.8. The largest absolute Gasteiger partial charge is 0.508 e. The second-order valence-corrected chi connectivity index (χ2v) is 8.86. The number of pyridine rings is 1. The minimum absolute atomic E-state index is 0.110. The van der Waals surface area contributed by atoms with E-state index in [0.717, 1.165) is 12.8 Å². The van der Waals surface area contributed by atoms with Crippen LogP contribution in [0.4, 0.5) is 5.95 Å². The van der Waals surface area contributed by atoms with Crippen molar-refractivity contribution in [2.75, 3.05) is 24.6 Å². The van der Waals surface area contributed by atoms with Gasteiger partial charge in [-0.2, -0.15) is 4.98 Å². The van der Waals surface area contributed by atoms with Gasteiger partial charge in [-0.25, -0.2) is 4.98 Å². The van der Waals surface area contributed by atoms with Gasteiger partial charge < -0.3 is 14.7 Å². The lowest BCUT2D eigenvalue weighted by Crippen LogP contribution is -2.41. The first-order valence-corrected chi connectivity index (χ1v) is 11.6. The molecule has 0 bridgehead atoms. The minimum atomic E-state index is -0.367. The Morgan fingerprint density at radius 3 is 2.88 bits per heavy atom. The third-order valence-corrected chi connectivity index (χ3v) is 6.73. The lowest BCUT2D eigenvalue weighted by atomic mass is 9.79. The third kappa shape index (κ3) is 3.91. The Balaban J connectivity index is 1.51. The molecule has 9 nitrogen and oxygen atoms in total. The number of anilines is 1. The van der Waals surface area contributed by atoms with Crippen LogP contribution in [0.2, 0.25) is 0 Å². The summed E-state index contributed by atoms with van der Waals surface area (Å²) < 4.78 is 5.17. The number of benzene rings is 1. The number of carbonyl (C=O) groups excluding carboxylic acids is 2. The van der Waals surface area contributed by atoms with E-state index in [4.69, 9.17) is 4.74 Å². The number of rotatable bonds is 4. The summed E-state index contributed by atoms with van der Waals surface area (Å²) >= 11 is 0. The van der Waals surface area contributed by atoms with Gasteiger partial charge in [0, 0.05) is 31.3 Å². The molecule has 3 heterocycles. The molecular formula is C25H26N4O5. The van der Waals surface area contributed by atoms with E-state index in [1.165, 1.54) is 6.20 Å². The van der Waals surface area contributed by atoms with Gasteiger partial charge >= 0.3 is 5.97 Å². The molecule has 0 unspecified atom stereocenters. The Morgan fingerprint density at radius 1 is 1.26 bits per heavy atom. The normalized spacial score (nSPS) is 20.3. The molecular weight excluding hydrogens is 436 g/mol. The average molecular weight is 463 g/mol. The maximum absolute atomic E-state index is 13.2. The quantitative estimate of drug-likeness (QED) is 0.567. The Bertz CT molecular complexity index is 1330. The first-order chi connectivity index (χ1) is 16.5. The highest BCUT2D eigenvalue weighted by Crippen LogP contribution is 2.38. The van der Waals surface area contributed by atoms with Crippen molar-refractivity contribution in [1.82, 2.24) is 15.0 Å². The van der Waals surface area contributed by atoms with Gasteiger partial charge in [0.1, 0.15) is 5.75 Å². The van der Waals surface area contributed by atoms with Gasteiger partial charge in [-0.05, 0) is 49.3 Å². The molecule has 34 heavy (non-hydrogen) atoms. The number of esters is 1. The highest BCUT2D eigenvalue weighted by Gasteiger charge is 2.32. The monoisotopic (exact) mass is 462 g/mol. The maximum atomic E-state index is 13.2. The molecule has 1 fully saturated rings. The number of nitrogens with zero attached hydrogens (tertiary/aromatic N) is 3. The molecule has 5 rings (SSSR count). The molecule has 0 saturated carbocycles. The summed E-state index contributed by atoms with van der Waals surface area (Å²) in [6, 6.07) is 6.96. The van der Waals surface area contributed by atoms with E-state index in [1.807, 2.05) is 11.0 Å². The molecule has 1 aromatic carbocycles. The average Bonchev–Trinajstić information content (AvgIpc) is 2.84. The number of para-hydroxylation sites is 1. The van der Waals surface area contributed by atoms with Crippen molar-refractivity contribution in [3.8, 4) is 5.75 Å². The van der Waals surface area contributed by atoms with Crippen molar-refractivity contribution in [1.29, 1.82) is 0 Å². The lowest BCUT2D eigenvalue weighted by molar-refractivity contribution is -0.148. The second-order valence-electron chi connectivity index (χ2n) is 8.86. The van der Waals surface area contributed by atoms with Gasteiger partial charge in [-0.3, -0.25) is 19.4 Å². The van der Waals surface area contributed by atoms with Gasteiger partial charge in [-0.1, -0.05) is 18.2 Å². The third-order valence-electron chi connectivity index (χ3n) is 6.73. The molecule has 2 aliphatic rings. The van der Waals surface area contributed by atoms with Crippen molar-refractivity contribution in [2.45, 2.75) is 38.5 Å². The molecule has 1 saturated heterocycles. The van der Waals surface area contributed by atoms with E-state index in [1.54, 1.807) is 25.1 Å². The fourth-order valence-electron chi connectivity index (χ4n) is 5.08. The van der Waals surface area contributed by atoms with Crippen LogP contribution in [0.3, 0.4) is 0 Å². The molecule has 0 amide bonds. The highest BCUT2D eigenvalue weighted by atomic mass is 16.5. The number of carbonyl (C=O) groups is 2. The first-order valence-electron chi connectivity index (χ1n) is 11.6. The summed E-state index contributed by atoms with van der Waals surface area (Å²) in [7, 11) is 0. The van der Waals surface area contributed by atoms with Gasteiger partial charge in [0.15, 0.2) is 11.4 Å². The second kappa shape index (κ2) is 8.89. The first kappa shape index (κ1) is 22.1. The number of phenolic OH excluding ortho intramolecular Hbond substituents is 1. The van der Waals surface area contributed by atoms with Crippen molar-refractivity contribution >= 4 is 28.7 Å². The number of piperidine rings is 1. The van der Waals surface area contributed by atoms with Crippen LogP contribution in [0.5, 0.6) is 5.75 Å². The number of ketones is 1. The smallest absolute Gasteiger partial charge is 0.310 e. The van der Waals surface area contributed by atoms with Crippen LogP contribution < -0.4 is 10.5 Å². The number of hydrogen-bond acceptors (Lipinski definition) is 8. The molecule has 2 aromatic heterocycles. The zero-order valence-electron chi connectivity index (χ0n) is 18.9. The SMILES string of the molecule is CCOC(=O)[C@H]1CCCN(c2nc3ncc4c(c3c(=O)[nH]2)C[C@@H](c2ccccc2O)CC4=O)C1. The minimum Gasteiger partial charge on any atom is -0.508 e. The molecule has 176 valence electrons. The number of aromatic hydroxyl groups is 1. The molecule has 3 aromatic rings. The number of ether oxygens (including phenoxy) is 1. The number of aromatic amines is 1. The van der Waals surface area contributed by atoms with E-state index in [9.17, 15) is 19.5 Å². The molecule has 1 aliphatic heterocycles. The summed E-state index contributed by atoms with van der Waals surface area (Å²) in [5.74, 6) is -0.366. The van der Waals surface area contributed by atoms with Gasteiger partial charge in [0.05, 0.1) is 17.9 Å². The number of Topliss-reactive ketones (excluding diaryl/α,β-unsaturated/α-hetero) is 1. The van der Waals surface area contributed by atoms with Crippen LogP contribution in [0.1, 0.15) is 53.6 Å². The van der Waals surface area contributed by atoms with E-state index < -0.39 is 0 Å². The summed E-state index contributed by atoms with van der Waals surface area (Å²) in [6.45, 7) is 3.17. The fraction of sp³-hybridized carbons (Fsp3) is 0.400. The van der Waals surface area contributed by atoms with Crippen molar-refractivity contribution in [3.63, 3.8) is 0 Å². The van der Waals surface area contributed by atoms with Crippen LogP contribution in [0.25, 0.3) is 11.0 Å². The maximum Gasteiger partial charge on any atom is 0.310 e. The Morgan fingerprint density at radius 2 is 2.09 bits per heavy atom. The molecule has 9 heteroatoms. The van der Waals surface area contributed by atoms with E-state index >= 15 is 0 Å². The standard InChI is InChI=1S/C25H26N4O5/c1-2-34-24(33)14-6-5-9-29(13-14)25-27-22-21(23(32)28-25)17-10-15(11-20(31)18(17)12-26-22)16-7-3-4-8-19(16)30/h3-4,7-8,12,14-15,30H,2,5-6,9-11,13H2,1H3,(H,26,27,28,32)/t14-,15+/m0/s1. The lowest BCUT2D eigenvalue weighted by Gasteiger charge is -2.32. The summed E-state index contributed by atoms with van der Waals surface area (Å²) in [4.78, 5) is 52.0. The fourth-order valence-corrected chi connectivity index (χ4v) is 5.08. The van der Waals surface area contributed by atoms with Crippen LogP contribution in [0.15, 0.2) is 35.3 Å². The molecule has 0 spiro atoms. The van der Waals surface area contributed by atoms with E-state index in [2.05, 4.69) is 15.0 Å². The van der Waals surface area contributed by atoms with Gasteiger partial charge in [0.25, 0.3) is 5.56 Å². The van der Waals surface area contributed by atoms with Gasteiger partial charge in [-0.15, -0.1) is 0 Å². The number of phenols is 1. The molecule has 1 aliphatic carbocycles. The number of hydrogen-bond donors (Lipinski definition) is 2. The predicted octanol–water partition coefficient (Wildman–Crippen LogP) is 2.72. The Labute approximate surface area is 195 Å². The predicted molar refractivity (Wildman–Crippen MR) is 125 cm³/mol. The number of fused-ring (bicyclic) bond motifs is 3. The Kier molecular flexibility index (Phi) is 5.77. The van der Waals surface area contributed by atoms with Gasteiger partial charge in [0.2, 0.25) is 5.95 Å². The van der Waals surface area contributed by atoms with Crippen molar-refractivity contribution in [2.24, 2.45) is 5.92 Å². The number of nitrogens with one attached hydrogen (secondary N) is 1.